The fourth-order valence-electron chi connectivity index (χ4n) is 4.21. The van der Waals surface area contributed by atoms with Crippen LogP contribution in [-0.4, -0.2) is 64.7 Å². The molecule has 1 aliphatic rings. The average Bonchev–Trinajstić information content (AvgIpc) is 3.52. The number of carbonyl (C=O) groups is 1. The lowest BCUT2D eigenvalue weighted by Crippen LogP contribution is -2.38. The van der Waals surface area contributed by atoms with Crippen LogP contribution in [0.5, 0.6) is 0 Å². The van der Waals surface area contributed by atoms with Crippen molar-refractivity contribution >= 4 is 44.3 Å². The molecule has 0 spiro atoms. The van der Waals surface area contributed by atoms with Gasteiger partial charge in [0.1, 0.15) is 22.1 Å². The van der Waals surface area contributed by atoms with Gasteiger partial charge in [0.25, 0.3) is 5.91 Å². The lowest BCUT2D eigenvalue weighted by Gasteiger charge is -2.41. The monoisotopic (exact) mass is 569 g/mol. The van der Waals surface area contributed by atoms with E-state index in [2.05, 4.69) is 25.5 Å². The second-order valence-electron chi connectivity index (χ2n) is 9.96. The van der Waals surface area contributed by atoms with E-state index >= 15 is 0 Å². The van der Waals surface area contributed by atoms with Crippen molar-refractivity contribution in [2.75, 3.05) is 34.8 Å². The molecule has 5 rings (SSSR count). The number of anilines is 3. The summed E-state index contributed by atoms with van der Waals surface area (Å²) in [6.07, 6.45) is 1.68. The van der Waals surface area contributed by atoms with Crippen molar-refractivity contribution in [3.63, 3.8) is 0 Å². The molecule has 4 aromatic rings. The number of hydrogen-bond donors (Lipinski definition) is 5. The highest BCUT2D eigenvalue weighted by Crippen LogP contribution is 2.42. The quantitative estimate of drug-likeness (QED) is 0.210. The number of thiophene rings is 1. The largest absolute Gasteiger partial charge is 0.384 e. The molecule has 13 heteroatoms. The highest BCUT2D eigenvalue weighted by Gasteiger charge is 2.23. The zero-order valence-corrected chi connectivity index (χ0v) is 23.2. The molecule has 1 fully saturated rings. The Balaban J connectivity index is 1.32. The number of hydrogen-bond acceptors (Lipinski definition) is 10. The van der Waals surface area contributed by atoms with E-state index in [4.69, 9.17) is 5.73 Å². The van der Waals surface area contributed by atoms with Crippen molar-refractivity contribution < 1.29 is 19.0 Å². The second kappa shape index (κ2) is 10.6. The Morgan fingerprint density at radius 2 is 1.87 bits per heavy atom. The number of nitrogens with two attached hydrogens (primary N) is 1. The molecule has 0 atom stereocenters. The Morgan fingerprint density at radius 3 is 2.51 bits per heavy atom. The number of pyridine rings is 1. The molecule has 0 unspecified atom stereocenters. The molecular formula is C26H31N7O4S2. The van der Waals surface area contributed by atoms with Gasteiger partial charge < -0.3 is 21.1 Å². The first kappa shape index (κ1) is 27.1. The van der Waals surface area contributed by atoms with Gasteiger partial charge in [-0.25, -0.2) is 9.67 Å². The Kier molecular flexibility index (Phi) is 7.35. The normalized spacial score (nSPS) is 16.2. The van der Waals surface area contributed by atoms with Crippen molar-refractivity contribution in [1.29, 1.82) is 0 Å². The molecule has 1 aromatic carbocycles. The summed E-state index contributed by atoms with van der Waals surface area (Å²) in [6.45, 7) is 4.86. The number of amides is 1. The van der Waals surface area contributed by atoms with Crippen LogP contribution in [0, 0.1) is 0 Å². The van der Waals surface area contributed by atoms with Crippen molar-refractivity contribution in [2.24, 2.45) is 5.73 Å². The highest BCUT2D eigenvalue weighted by molar-refractivity contribution is 8.24. The molecule has 0 saturated carbocycles. The predicted octanol–water partition coefficient (Wildman–Crippen LogP) is 4.09. The number of rotatable bonds is 8. The maximum Gasteiger partial charge on any atom is 0.251 e. The van der Waals surface area contributed by atoms with Gasteiger partial charge in [0, 0.05) is 23.7 Å². The summed E-state index contributed by atoms with van der Waals surface area (Å²) in [6, 6.07) is 15.3. The molecule has 39 heavy (non-hydrogen) atoms. The van der Waals surface area contributed by atoms with Crippen LogP contribution in [0.4, 0.5) is 16.5 Å². The first-order valence-electron chi connectivity index (χ1n) is 12.4. The van der Waals surface area contributed by atoms with Gasteiger partial charge in [-0.2, -0.15) is 10.6 Å². The van der Waals surface area contributed by atoms with Gasteiger partial charge in [-0.05, 0) is 49.7 Å². The molecule has 0 radical (unpaired) electrons. The van der Waals surface area contributed by atoms with Gasteiger partial charge in [0.2, 0.25) is 0 Å². The third-order valence-electron chi connectivity index (χ3n) is 6.43. The minimum atomic E-state index is -2.45. The van der Waals surface area contributed by atoms with E-state index in [0.29, 0.717) is 53.2 Å². The molecule has 6 N–H and O–H groups in total. The van der Waals surface area contributed by atoms with Crippen molar-refractivity contribution in [2.45, 2.75) is 26.0 Å². The number of aliphatic hydroxyl groups is 1. The van der Waals surface area contributed by atoms with Crippen LogP contribution in [-0.2, 0) is 12.1 Å². The zero-order chi connectivity index (χ0) is 27.8. The van der Waals surface area contributed by atoms with Crippen molar-refractivity contribution in [3.05, 3.63) is 71.7 Å². The standard InChI is InChI=1S/C26H31N7O4S2/c1-26(2,35)22-16-33(31-30-22)15-18-4-3-5-23(28-18)29-25-20(24(27)34)14-21(38-25)17-6-8-19(9-7-17)32-10-12-39(36,37)13-11-32/h3-9,14,16,35-37H,10-13,15H2,1-2H3,(H2,27,34)(H,28,29). The lowest BCUT2D eigenvalue weighted by atomic mass is 10.1. The fraction of sp³-hybridized carbons (Fsp3) is 0.308. The Bertz CT molecular complexity index is 1470. The van der Waals surface area contributed by atoms with Gasteiger partial charge >= 0.3 is 0 Å². The first-order valence-corrected chi connectivity index (χ1v) is 15.1. The minimum absolute atomic E-state index is 0.360. The van der Waals surface area contributed by atoms with E-state index < -0.39 is 22.1 Å². The summed E-state index contributed by atoms with van der Waals surface area (Å²) < 4.78 is 21.3. The SMILES string of the molecule is CC(C)(O)c1cn(Cc2cccc(Nc3sc(-c4ccc(N5CCS(O)(O)CC5)cc4)cc3C(N)=O)n2)nn1. The summed E-state index contributed by atoms with van der Waals surface area (Å²) >= 11 is 1.41. The topological polar surface area (TPSA) is 163 Å². The second-order valence-corrected chi connectivity index (χ2v) is 13.4. The summed E-state index contributed by atoms with van der Waals surface area (Å²) in [5.74, 6) is 0.777. The van der Waals surface area contributed by atoms with Crippen LogP contribution in [0.1, 0.15) is 35.6 Å². The van der Waals surface area contributed by atoms with Crippen LogP contribution in [0.2, 0.25) is 0 Å². The van der Waals surface area contributed by atoms with Crippen LogP contribution < -0.4 is 16.0 Å². The van der Waals surface area contributed by atoms with Gasteiger partial charge in [-0.1, -0.05) is 23.4 Å². The van der Waals surface area contributed by atoms with Gasteiger partial charge in [-0.3, -0.25) is 13.9 Å². The number of primary amides is 1. The lowest BCUT2D eigenvalue weighted by molar-refractivity contribution is 0.0737. The van der Waals surface area contributed by atoms with E-state index in [1.807, 2.05) is 36.4 Å². The van der Waals surface area contributed by atoms with Crippen LogP contribution in [0.25, 0.3) is 10.4 Å². The van der Waals surface area contributed by atoms with E-state index in [0.717, 1.165) is 21.8 Å². The Labute approximate surface area is 231 Å². The molecule has 0 aliphatic carbocycles. The predicted molar refractivity (Wildman–Crippen MR) is 155 cm³/mol. The maximum atomic E-state index is 12.2. The van der Waals surface area contributed by atoms with Crippen molar-refractivity contribution in [3.8, 4) is 10.4 Å². The first-order chi connectivity index (χ1) is 18.5. The molecule has 206 valence electrons. The number of carbonyl (C=O) groups excluding carboxylic acids is 1. The summed E-state index contributed by atoms with van der Waals surface area (Å²) in [4.78, 5) is 19.9. The highest BCUT2D eigenvalue weighted by atomic mass is 32.3. The molecule has 11 nitrogen and oxygen atoms in total. The number of benzene rings is 1. The summed E-state index contributed by atoms with van der Waals surface area (Å²) in [5, 5.41) is 22.1. The summed E-state index contributed by atoms with van der Waals surface area (Å²) in [7, 11) is -2.45. The van der Waals surface area contributed by atoms with Gasteiger partial charge in [0.15, 0.2) is 0 Å². The van der Waals surface area contributed by atoms with E-state index in [1.54, 1.807) is 36.9 Å². The van der Waals surface area contributed by atoms with Gasteiger partial charge in [-0.15, -0.1) is 16.4 Å². The average molecular weight is 570 g/mol. The maximum absolute atomic E-state index is 12.2. The third-order valence-corrected chi connectivity index (χ3v) is 9.20. The molecular weight excluding hydrogens is 538 g/mol. The van der Waals surface area contributed by atoms with E-state index in [1.165, 1.54) is 11.3 Å². The summed E-state index contributed by atoms with van der Waals surface area (Å²) in [5.41, 5.74) is 8.13. The van der Waals surface area contributed by atoms with Crippen LogP contribution in [0.15, 0.2) is 54.7 Å². The number of nitrogens with one attached hydrogen (secondary N) is 1. The molecule has 0 bridgehead atoms. The van der Waals surface area contributed by atoms with Gasteiger partial charge in [0.05, 0.1) is 35.5 Å². The van der Waals surface area contributed by atoms with E-state index in [-0.39, 0.29) is 0 Å². The molecule has 1 saturated heterocycles. The van der Waals surface area contributed by atoms with E-state index in [9.17, 15) is 19.0 Å². The van der Waals surface area contributed by atoms with Crippen LogP contribution in [0.3, 0.4) is 0 Å². The molecule has 3 aromatic heterocycles. The molecule has 1 amide bonds. The Hall–Kier alpha value is -3.49. The fourth-order valence-corrected chi connectivity index (χ4v) is 6.51. The van der Waals surface area contributed by atoms with Crippen LogP contribution >= 0.6 is 21.9 Å². The molecule has 4 heterocycles. The number of aromatic nitrogens is 4. The number of nitrogens with zero attached hydrogens (tertiary/aromatic N) is 5. The molecule has 1 aliphatic heterocycles. The Morgan fingerprint density at radius 1 is 1.15 bits per heavy atom. The van der Waals surface area contributed by atoms with Crippen molar-refractivity contribution in [1.82, 2.24) is 20.0 Å². The third kappa shape index (κ3) is 6.40. The zero-order valence-electron chi connectivity index (χ0n) is 21.6. The smallest absolute Gasteiger partial charge is 0.251 e. The minimum Gasteiger partial charge on any atom is -0.384 e.